The second-order valence-corrected chi connectivity index (χ2v) is 3.82. The molecular formula is C14H16O2. The Bertz CT molecular complexity index is 430. The van der Waals surface area contributed by atoms with Crippen molar-refractivity contribution in [2.45, 2.75) is 20.3 Å². The number of esters is 1. The topological polar surface area (TPSA) is 26.3 Å². The molecule has 0 aliphatic rings. The van der Waals surface area contributed by atoms with Crippen LogP contribution in [0.3, 0.4) is 0 Å². The van der Waals surface area contributed by atoms with Crippen molar-refractivity contribution < 1.29 is 9.53 Å². The van der Waals surface area contributed by atoms with Crippen LogP contribution in [-0.4, -0.2) is 5.97 Å². The number of carbonyl (C=O) groups is 1. The summed E-state index contributed by atoms with van der Waals surface area (Å²) in [7, 11) is 0. The number of carbonyl (C=O) groups excluding carboxylic acids is 1. The normalized spacial score (nSPS) is 9.62. The van der Waals surface area contributed by atoms with Crippen molar-refractivity contribution in [2.24, 2.45) is 0 Å². The van der Waals surface area contributed by atoms with Crippen LogP contribution in [0.5, 0.6) is 5.75 Å². The molecule has 0 unspecified atom stereocenters. The number of allylic oxidation sites excluding steroid dienone is 1. The highest BCUT2D eigenvalue weighted by atomic mass is 16.5. The van der Waals surface area contributed by atoms with Gasteiger partial charge in [-0.15, -0.1) is 0 Å². The van der Waals surface area contributed by atoms with Crippen LogP contribution in [0.2, 0.25) is 0 Å². The average molecular weight is 216 g/mol. The van der Waals surface area contributed by atoms with E-state index in [1.54, 1.807) is 0 Å². The summed E-state index contributed by atoms with van der Waals surface area (Å²) in [5, 5.41) is 0. The van der Waals surface area contributed by atoms with E-state index in [0.29, 0.717) is 12.2 Å². The molecule has 1 aromatic carbocycles. The second kappa shape index (κ2) is 5.31. The predicted molar refractivity (Wildman–Crippen MR) is 65.5 cm³/mol. The van der Waals surface area contributed by atoms with E-state index in [1.807, 2.05) is 32.0 Å². The SMILES string of the molecule is C=CC(=O)Oc1c(C)cccc1CC(=C)C. The minimum atomic E-state index is -0.433. The molecule has 0 bridgehead atoms. The van der Waals surface area contributed by atoms with Crippen molar-refractivity contribution >= 4 is 5.97 Å². The molecule has 2 heteroatoms. The average Bonchev–Trinajstić information content (AvgIpc) is 2.22. The van der Waals surface area contributed by atoms with Crippen LogP contribution in [0.4, 0.5) is 0 Å². The van der Waals surface area contributed by atoms with E-state index in [2.05, 4.69) is 13.2 Å². The van der Waals surface area contributed by atoms with Crippen molar-refractivity contribution in [1.29, 1.82) is 0 Å². The summed E-state index contributed by atoms with van der Waals surface area (Å²) >= 11 is 0. The van der Waals surface area contributed by atoms with Gasteiger partial charge < -0.3 is 4.74 Å². The van der Waals surface area contributed by atoms with E-state index < -0.39 is 5.97 Å². The highest BCUT2D eigenvalue weighted by molar-refractivity contribution is 5.83. The number of benzene rings is 1. The third-order valence-electron chi connectivity index (χ3n) is 2.15. The number of rotatable bonds is 4. The first-order valence-electron chi connectivity index (χ1n) is 5.11. The lowest BCUT2D eigenvalue weighted by Crippen LogP contribution is -2.07. The van der Waals surface area contributed by atoms with Gasteiger partial charge in [-0.25, -0.2) is 4.79 Å². The number of aryl methyl sites for hydroxylation is 1. The van der Waals surface area contributed by atoms with E-state index in [-0.39, 0.29) is 0 Å². The maximum Gasteiger partial charge on any atom is 0.335 e. The molecule has 1 aromatic rings. The summed E-state index contributed by atoms with van der Waals surface area (Å²) in [4.78, 5) is 11.2. The summed E-state index contributed by atoms with van der Waals surface area (Å²) in [6, 6.07) is 5.79. The highest BCUT2D eigenvalue weighted by Crippen LogP contribution is 2.25. The lowest BCUT2D eigenvalue weighted by Gasteiger charge is -2.11. The third-order valence-corrected chi connectivity index (χ3v) is 2.15. The first-order chi connectivity index (χ1) is 7.54. The van der Waals surface area contributed by atoms with Gasteiger partial charge in [-0.1, -0.05) is 36.9 Å². The standard InChI is InChI=1S/C14H16O2/c1-5-13(15)16-14-11(4)7-6-8-12(14)9-10(2)3/h5-8H,1-2,9H2,3-4H3. The zero-order valence-electron chi connectivity index (χ0n) is 9.75. The van der Waals surface area contributed by atoms with E-state index >= 15 is 0 Å². The van der Waals surface area contributed by atoms with Gasteiger partial charge in [0.05, 0.1) is 0 Å². The molecule has 0 atom stereocenters. The van der Waals surface area contributed by atoms with Crippen LogP contribution in [0, 0.1) is 6.92 Å². The fraction of sp³-hybridized carbons (Fsp3) is 0.214. The van der Waals surface area contributed by atoms with Gasteiger partial charge in [-0.05, 0) is 31.4 Å². The Hall–Kier alpha value is -1.83. The maximum atomic E-state index is 11.2. The van der Waals surface area contributed by atoms with E-state index in [0.717, 1.165) is 22.8 Å². The first kappa shape index (κ1) is 12.2. The Morgan fingerprint density at radius 3 is 2.75 bits per heavy atom. The summed E-state index contributed by atoms with van der Waals surface area (Å²) < 4.78 is 5.23. The molecular weight excluding hydrogens is 200 g/mol. The zero-order valence-corrected chi connectivity index (χ0v) is 9.75. The molecule has 0 radical (unpaired) electrons. The molecule has 0 aliphatic carbocycles. The van der Waals surface area contributed by atoms with Gasteiger partial charge in [0, 0.05) is 6.08 Å². The van der Waals surface area contributed by atoms with Gasteiger partial charge in [-0.3, -0.25) is 0 Å². The molecule has 0 heterocycles. The fourth-order valence-corrected chi connectivity index (χ4v) is 1.47. The summed E-state index contributed by atoms with van der Waals surface area (Å²) in [5.74, 6) is 0.188. The van der Waals surface area contributed by atoms with Crippen molar-refractivity contribution in [3.05, 3.63) is 54.1 Å². The van der Waals surface area contributed by atoms with Crippen LogP contribution in [0.1, 0.15) is 18.1 Å². The maximum absolute atomic E-state index is 11.2. The van der Waals surface area contributed by atoms with Crippen molar-refractivity contribution in [3.63, 3.8) is 0 Å². The minimum absolute atomic E-state index is 0.433. The van der Waals surface area contributed by atoms with Crippen molar-refractivity contribution in [3.8, 4) is 5.75 Å². The number of para-hydroxylation sites is 1. The Morgan fingerprint density at radius 1 is 1.50 bits per heavy atom. The van der Waals surface area contributed by atoms with E-state index in [1.165, 1.54) is 0 Å². The van der Waals surface area contributed by atoms with Crippen LogP contribution < -0.4 is 4.74 Å². The monoisotopic (exact) mass is 216 g/mol. The van der Waals surface area contributed by atoms with Crippen molar-refractivity contribution in [1.82, 2.24) is 0 Å². The lowest BCUT2D eigenvalue weighted by molar-refractivity contribution is -0.129. The molecule has 0 amide bonds. The van der Waals surface area contributed by atoms with Gasteiger partial charge in [0.15, 0.2) is 0 Å². The quantitative estimate of drug-likeness (QED) is 0.334. The zero-order chi connectivity index (χ0) is 12.1. The molecule has 1 rings (SSSR count). The fourth-order valence-electron chi connectivity index (χ4n) is 1.47. The van der Waals surface area contributed by atoms with Gasteiger partial charge in [0.2, 0.25) is 0 Å². The van der Waals surface area contributed by atoms with E-state index in [9.17, 15) is 4.79 Å². The van der Waals surface area contributed by atoms with E-state index in [4.69, 9.17) is 4.74 Å². The first-order valence-corrected chi connectivity index (χ1v) is 5.11. The van der Waals surface area contributed by atoms with Crippen LogP contribution in [0.25, 0.3) is 0 Å². The molecule has 84 valence electrons. The molecule has 0 aromatic heterocycles. The van der Waals surface area contributed by atoms with Gasteiger partial charge in [0.1, 0.15) is 5.75 Å². The molecule has 16 heavy (non-hydrogen) atoms. The summed E-state index contributed by atoms with van der Waals surface area (Å²) in [6.07, 6.45) is 1.87. The predicted octanol–water partition coefficient (Wildman–Crippen LogP) is 3.21. The molecule has 2 nitrogen and oxygen atoms in total. The molecule has 0 spiro atoms. The Morgan fingerprint density at radius 2 is 2.19 bits per heavy atom. The highest BCUT2D eigenvalue weighted by Gasteiger charge is 2.09. The van der Waals surface area contributed by atoms with Gasteiger partial charge >= 0.3 is 5.97 Å². The van der Waals surface area contributed by atoms with Crippen LogP contribution >= 0.6 is 0 Å². The number of ether oxygens (including phenoxy) is 1. The summed E-state index contributed by atoms with van der Waals surface area (Å²) in [6.45, 7) is 11.1. The molecule has 0 fully saturated rings. The Labute approximate surface area is 96.2 Å². The van der Waals surface area contributed by atoms with Gasteiger partial charge in [0.25, 0.3) is 0 Å². The number of hydrogen-bond acceptors (Lipinski definition) is 2. The minimum Gasteiger partial charge on any atom is -0.423 e. The lowest BCUT2D eigenvalue weighted by atomic mass is 10.0. The van der Waals surface area contributed by atoms with Crippen LogP contribution in [0.15, 0.2) is 43.0 Å². The molecule has 0 saturated heterocycles. The summed E-state index contributed by atoms with van der Waals surface area (Å²) in [5.41, 5.74) is 2.94. The third kappa shape index (κ3) is 3.09. The van der Waals surface area contributed by atoms with Gasteiger partial charge in [-0.2, -0.15) is 0 Å². The van der Waals surface area contributed by atoms with Crippen LogP contribution in [-0.2, 0) is 11.2 Å². The van der Waals surface area contributed by atoms with Crippen molar-refractivity contribution in [2.75, 3.05) is 0 Å². The Balaban J connectivity index is 3.07. The molecule has 0 saturated carbocycles. The molecule has 0 aliphatic heterocycles. The Kier molecular flexibility index (Phi) is 4.06. The second-order valence-electron chi connectivity index (χ2n) is 3.82. The largest absolute Gasteiger partial charge is 0.423 e. The number of hydrogen-bond donors (Lipinski definition) is 0. The molecule has 0 N–H and O–H groups in total. The smallest absolute Gasteiger partial charge is 0.335 e.